The first-order valence-electron chi connectivity index (χ1n) is 4.71. The van der Waals surface area contributed by atoms with Gasteiger partial charge in [0, 0.05) is 18.8 Å². The highest BCUT2D eigenvalue weighted by Crippen LogP contribution is 2.31. The van der Waals surface area contributed by atoms with Gasteiger partial charge < -0.3 is 15.8 Å². The number of hydrogen-bond acceptors (Lipinski definition) is 3. The highest BCUT2D eigenvalue weighted by atomic mass is 16.5. The van der Waals surface area contributed by atoms with E-state index in [2.05, 4.69) is 5.32 Å². The molecule has 0 aromatic heterocycles. The van der Waals surface area contributed by atoms with Crippen molar-refractivity contribution in [3.63, 3.8) is 0 Å². The van der Waals surface area contributed by atoms with Gasteiger partial charge in [-0.25, -0.2) is 4.79 Å². The van der Waals surface area contributed by atoms with Crippen LogP contribution in [0.3, 0.4) is 0 Å². The number of anilines is 2. The van der Waals surface area contributed by atoms with Gasteiger partial charge in [0.2, 0.25) is 0 Å². The first kappa shape index (κ1) is 9.64. The maximum Gasteiger partial charge on any atom is 0.322 e. The van der Waals surface area contributed by atoms with E-state index in [1.165, 1.54) is 0 Å². The number of ether oxygens (including phenoxy) is 1. The van der Waals surface area contributed by atoms with Crippen molar-refractivity contribution in [1.82, 2.24) is 5.32 Å². The Morgan fingerprint density at radius 2 is 2.33 bits per heavy atom. The molecule has 1 saturated heterocycles. The summed E-state index contributed by atoms with van der Waals surface area (Å²) in [6, 6.07) is 5.13. The van der Waals surface area contributed by atoms with Gasteiger partial charge in [0.25, 0.3) is 0 Å². The number of carbonyl (C=O) groups is 1. The number of methoxy groups -OCH3 is 1. The highest BCUT2D eigenvalue weighted by Gasteiger charge is 2.23. The molecular formula is C10H13N3O2. The van der Waals surface area contributed by atoms with E-state index in [-0.39, 0.29) is 6.03 Å². The van der Waals surface area contributed by atoms with E-state index in [4.69, 9.17) is 10.5 Å². The molecule has 15 heavy (non-hydrogen) atoms. The zero-order valence-corrected chi connectivity index (χ0v) is 8.49. The van der Waals surface area contributed by atoms with Crippen LogP contribution in [0.4, 0.5) is 16.2 Å². The Morgan fingerprint density at radius 3 is 2.93 bits per heavy atom. The average Bonchev–Trinajstić information content (AvgIpc) is 2.64. The van der Waals surface area contributed by atoms with Gasteiger partial charge in [0.15, 0.2) is 0 Å². The molecule has 0 bridgehead atoms. The second-order valence-electron chi connectivity index (χ2n) is 3.31. The predicted molar refractivity (Wildman–Crippen MR) is 58.2 cm³/mol. The molecule has 2 amide bonds. The third-order valence-corrected chi connectivity index (χ3v) is 2.35. The van der Waals surface area contributed by atoms with Crippen LogP contribution in [-0.2, 0) is 0 Å². The largest absolute Gasteiger partial charge is 0.495 e. The fourth-order valence-corrected chi connectivity index (χ4v) is 1.62. The van der Waals surface area contributed by atoms with Crippen LogP contribution in [0.1, 0.15) is 0 Å². The third-order valence-electron chi connectivity index (χ3n) is 2.35. The molecule has 0 spiro atoms. The number of urea groups is 1. The van der Waals surface area contributed by atoms with Crippen molar-refractivity contribution in [3.05, 3.63) is 18.2 Å². The summed E-state index contributed by atoms with van der Waals surface area (Å²) in [7, 11) is 1.57. The van der Waals surface area contributed by atoms with Gasteiger partial charge in [-0.15, -0.1) is 0 Å². The Hall–Kier alpha value is -1.91. The number of nitrogens with one attached hydrogen (secondary N) is 1. The summed E-state index contributed by atoms with van der Waals surface area (Å²) >= 11 is 0. The Labute approximate surface area is 87.8 Å². The van der Waals surface area contributed by atoms with E-state index in [9.17, 15) is 4.79 Å². The number of rotatable bonds is 2. The molecule has 0 atom stereocenters. The molecule has 5 nitrogen and oxygen atoms in total. The van der Waals surface area contributed by atoms with Gasteiger partial charge >= 0.3 is 6.03 Å². The van der Waals surface area contributed by atoms with Crippen LogP contribution in [0.15, 0.2) is 18.2 Å². The van der Waals surface area contributed by atoms with Crippen molar-refractivity contribution in [3.8, 4) is 5.75 Å². The van der Waals surface area contributed by atoms with E-state index in [1.54, 1.807) is 30.2 Å². The number of hydrogen-bond donors (Lipinski definition) is 2. The van der Waals surface area contributed by atoms with E-state index in [1.807, 2.05) is 0 Å². The van der Waals surface area contributed by atoms with Crippen molar-refractivity contribution in [2.24, 2.45) is 0 Å². The fourth-order valence-electron chi connectivity index (χ4n) is 1.62. The van der Waals surface area contributed by atoms with Crippen molar-refractivity contribution < 1.29 is 9.53 Å². The number of nitrogens with two attached hydrogens (primary N) is 1. The first-order chi connectivity index (χ1) is 7.22. The summed E-state index contributed by atoms with van der Waals surface area (Å²) in [5.41, 5.74) is 7.01. The minimum atomic E-state index is -0.112. The number of nitrogen functional groups attached to an aromatic ring is 1. The summed E-state index contributed by atoms with van der Waals surface area (Å²) in [5.74, 6) is 0.654. The molecule has 0 radical (unpaired) electrons. The summed E-state index contributed by atoms with van der Waals surface area (Å²) in [4.78, 5) is 13.1. The van der Waals surface area contributed by atoms with Crippen LogP contribution >= 0.6 is 0 Å². The van der Waals surface area contributed by atoms with Gasteiger partial charge in [-0.05, 0) is 18.2 Å². The topological polar surface area (TPSA) is 67.6 Å². The smallest absolute Gasteiger partial charge is 0.322 e. The Kier molecular flexibility index (Phi) is 2.37. The highest BCUT2D eigenvalue weighted by molar-refractivity contribution is 5.96. The summed E-state index contributed by atoms with van der Waals surface area (Å²) in [5, 5.41) is 2.73. The second kappa shape index (κ2) is 3.68. The lowest BCUT2D eigenvalue weighted by Gasteiger charge is -2.17. The molecule has 2 rings (SSSR count). The SMILES string of the molecule is COc1ccc(N)cc1N1CCNC1=O. The molecule has 5 heteroatoms. The molecule has 80 valence electrons. The lowest BCUT2D eigenvalue weighted by atomic mass is 10.2. The standard InChI is InChI=1S/C10H13N3O2/c1-15-9-3-2-7(11)6-8(9)13-5-4-12-10(13)14/h2-3,6H,4-5,11H2,1H3,(H,12,14). The maximum absolute atomic E-state index is 11.5. The molecule has 0 aliphatic carbocycles. The fraction of sp³-hybridized carbons (Fsp3) is 0.300. The van der Waals surface area contributed by atoms with Crippen molar-refractivity contribution in [1.29, 1.82) is 0 Å². The van der Waals surface area contributed by atoms with E-state index >= 15 is 0 Å². The molecule has 1 aliphatic rings. The second-order valence-corrected chi connectivity index (χ2v) is 3.31. The molecule has 3 N–H and O–H groups in total. The van der Waals surface area contributed by atoms with Crippen molar-refractivity contribution in [2.45, 2.75) is 0 Å². The number of benzene rings is 1. The van der Waals surface area contributed by atoms with Crippen LogP contribution in [0.25, 0.3) is 0 Å². The third kappa shape index (κ3) is 1.68. The lowest BCUT2D eigenvalue weighted by Crippen LogP contribution is -2.28. The van der Waals surface area contributed by atoms with Crippen molar-refractivity contribution in [2.75, 3.05) is 30.8 Å². The number of carbonyl (C=O) groups excluding carboxylic acids is 1. The van der Waals surface area contributed by atoms with Crippen LogP contribution in [-0.4, -0.2) is 26.2 Å². The molecule has 1 fully saturated rings. The van der Waals surface area contributed by atoms with Gasteiger partial charge in [-0.1, -0.05) is 0 Å². The number of amides is 2. The summed E-state index contributed by atoms with van der Waals surface area (Å²) in [6.45, 7) is 1.29. The Bertz CT molecular complexity index is 392. The van der Waals surface area contributed by atoms with Gasteiger partial charge in [-0.3, -0.25) is 4.90 Å². The average molecular weight is 207 g/mol. The molecule has 1 aromatic rings. The lowest BCUT2D eigenvalue weighted by molar-refractivity contribution is 0.252. The van der Waals surface area contributed by atoms with E-state index in [0.29, 0.717) is 30.2 Å². The monoisotopic (exact) mass is 207 g/mol. The van der Waals surface area contributed by atoms with E-state index in [0.717, 1.165) is 0 Å². The molecule has 0 saturated carbocycles. The molecule has 1 aliphatic heterocycles. The van der Waals surface area contributed by atoms with Crippen LogP contribution < -0.4 is 20.7 Å². The van der Waals surface area contributed by atoms with Crippen LogP contribution in [0.2, 0.25) is 0 Å². The normalized spacial score (nSPS) is 15.3. The molecule has 1 aromatic carbocycles. The first-order valence-corrected chi connectivity index (χ1v) is 4.71. The summed E-state index contributed by atoms with van der Waals surface area (Å²) < 4.78 is 5.18. The minimum absolute atomic E-state index is 0.112. The van der Waals surface area contributed by atoms with Crippen LogP contribution in [0, 0.1) is 0 Å². The zero-order chi connectivity index (χ0) is 10.8. The number of nitrogens with zero attached hydrogens (tertiary/aromatic N) is 1. The zero-order valence-electron chi connectivity index (χ0n) is 8.49. The molecule has 1 heterocycles. The van der Waals surface area contributed by atoms with Gasteiger partial charge in [0.05, 0.1) is 12.8 Å². The Morgan fingerprint density at radius 1 is 1.53 bits per heavy atom. The van der Waals surface area contributed by atoms with Gasteiger partial charge in [-0.2, -0.15) is 0 Å². The summed E-state index contributed by atoms with van der Waals surface area (Å²) in [6.07, 6.45) is 0. The minimum Gasteiger partial charge on any atom is -0.495 e. The quantitative estimate of drug-likeness (QED) is 0.705. The van der Waals surface area contributed by atoms with Gasteiger partial charge in [0.1, 0.15) is 5.75 Å². The van der Waals surface area contributed by atoms with Crippen molar-refractivity contribution >= 4 is 17.4 Å². The Balaban J connectivity index is 2.40. The maximum atomic E-state index is 11.5. The molecular weight excluding hydrogens is 194 g/mol. The predicted octanol–water partition coefficient (Wildman–Crippen LogP) is 0.807. The van der Waals surface area contributed by atoms with Crippen LogP contribution in [0.5, 0.6) is 5.75 Å². The van der Waals surface area contributed by atoms with E-state index < -0.39 is 0 Å². The molecule has 0 unspecified atom stereocenters.